The van der Waals surface area contributed by atoms with Crippen molar-refractivity contribution in [2.24, 2.45) is 5.41 Å². The zero-order valence-corrected chi connectivity index (χ0v) is 13.4. The van der Waals surface area contributed by atoms with Gasteiger partial charge in [-0.25, -0.2) is 0 Å². The first-order valence-corrected chi connectivity index (χ1v) is 10.5. The van der Waals surface area contributed by atoms with E-state index in [9.17, 15) is 4.79 Å². The summed E-state index contributed by atoms with van der Waals surface area (Å²) in [6.45, 7) is 11.8. The molecule has 1 rings (SSSR count). The molecule has 0 aromatic heterocycles. The highest BCUT2D eigenvalue weighted by molar-refractivity contribution is 6.81. The van der Waals surface area contributed by atoms with Gasteiger partial charge in [-0.05, 0) is 18.3 Å². The summed E-state index contributed by atoms with van der Waals surface area (Å²) < 4.78 is 0. The molecule has 17 heavy (non-hydrogen) atoms. The summed E-state index contributed by atoms with van der Waals surface area (Å²) in [6.07, 6.45) is 7.00. The molecule has 1 nitrogen and oxygen atoms in total. The fourth-order valence-corrected chi connectivity index (χ4v) is 6.60. The van der Waals surface area contributed by atoms with E-state index in [1.807, 2.05) is 0 Å². The number of hydrogen-bond acceptors (Lipinski definition) is 1. The molecule has 0 heterocycles. The monoisotopic (exact) mass is 254 g/mol. The van der Waals surface area contributed by atoms with E-state index in [0.717, 1.165) is 12.8 Å². The molecule has 0 unspecified atom stereocenters. The molecule has 0 aromatic carbocycles. The average Bonchev–Trinajstić information content (AvgIpc) is 2.39. The van der Waals surface area contributed by atoms with Crippen molar-refractivity contribution in [1.82, 2.24) is 0 Å². The minimum atomic E-state index is -1.36. The normalized spacial score (nSPS) is 23.6. The summed E-state index contributed by atoms with van der Waals surface area (Å²) in [5.41, 5.74) is 0.866. The van der Waals surface area contributed by atoms with Gasteiger partial charge in [0.2, 0.25) is 0 Å². The van der Waals surface area contributed by atoms with Crippen molar-refractivity contribution in [3.63, 3.8) is 0 Å². The van der Waals surface area contributed by atoms with Gasteiger partial charge >= 0.3 is 0 Å². The van der Waals surface area contributed by atoms with Gasteiger partial charge in [-0.3, -0.25) is 4.79 Å². The molecule has 1 saturated carbocycles. The average molecular weight is 254 g/mol. The zero-order chi connectivity index (χ0) is 13.1. The molecule has 0 radical (unpaired) electrons. The van der Waals surface area contributed by atoms with Crippen LogP contribution in [-0.4, -0.2) is 13.9 Å². The fraction of sp³-hybridized carbons (Fsp3) is 0.933. The molecule has 2 heteroatoms. The Morgan fingerprint density at radius 3 is 2.41 bits per heavy atom. The van der Waals surface area contributed by atoms with Crippen molar-refractivity contribution in [2.75, 3.05) is 0 Å². The van der Waals surface area contributed by atoms with Crippen molar-refractivity contribution in [3.8, 4) is 0 Å². The highest BCUT2D eigenvalue weighted by Crippen LogP contribution is 2.38. The van der Waals surface area contributed by atoms with E-state index in [1.54, 1.807) is 0 Å². The molecular formula is C15H30OSi. The van der Waals surface area contributed by atoms with Gasteiger partial charge in [0.05, 0.1) is 8.07 Å². The van der Waals surface area contributed by atoms with E-state index >= 15 is 0 Å². The quantitative estimate of drug-likeness (QED) is 0.510. The van der Waals surface area contributed by atoms with Crippen LogP contribution in [0, 0.1) is 5.41 Å². The number of carbonyl (C=O) groups is 1. The van der Waals surface area contributed by atoms with Gasteiger partial charge in [0.15, 0.2) is 0 Å². The fourth-order valence-electron chi connectivity index (χ4n) is 2.86. The van der Waals surface area contributed by atoms with E-state index in [-0.39, 0.29) is 0 Å². The molecule has 1 atom stereocenters. The first-order valence-electron chi connectivity index (χ1n) is 7.25. The molecule has 0 amide bonds. The van der Waals surface area contributed by atoms with Crippen LogP contribution in [0.15, 0.2) is 0 Å². The third-order valence-electron chi connectivity index (χ3n) is 4.27. The van der Waals surface area contributed by atoms with Crippen LogP contribution >= 0.6 is 0 Å². The third-order valence-corrected chi connectivity index (χ3v) is 8.30. The predicted octanol–water partition coefficient (Wildman–Crippen LogP) is 5.03. The lowest BCUT2D eigenvalue weighted by atomic mass is 9.94. The largest absolute Gasteiger partial charge is 0.300 e. The second kappa shape index (κ2) is 5.68. The second-order valence-corrected chi connectivity index (χ2v) is 12.8. The van der Waals surface area contributed by atoms with Crippen LogP contribution in [0.1, 0.15) is 59.3 Å². The van der Waals surface area contributed by atoms with Crippen molar-refractivity contribution in [1.29, 1.82) is 0 Å². The van der Waals surface area contributed by atoms with Crippen molar-refractivity contribution >= 4 is 13.9 Å². The van der Waals surface area contributed by atoms with Gasteiger partial charge < -0.3 is 0 Å². The van der Waals surface area contributed by atoms with Gasteiger partial charge in [0.25, 0.3) is 0 Å². The van der Waals surface area contributed by atoms with Gasteiger partial charge in [-0.2, -0.15) is 0 Å². The Kier molecular flexibility index (Phi) is 5.00. The second-order valence-electron chi connectivity index (χ2n) is 7.67. The van der Waals surface area contributed by atoms with E-state index in [2.05, 4.69) is 33.9 Å². The first kappa shape index (κ1) is 14.9. The van der Waals surface area contributed by atoms with Crippen LogP contribution in [0.4, 0.5) is 0 Å². The summed E-state index contributed by atoms with van der Waals surface area (Å²) in [4.78, 5) is 12.2. The minimum Gasteiger partial charge on any atom is -0.300 e. The standard InChI is InChI=1S/C15H30OSi/c1-15(2,3)11-12-17(4,5)14-10-8-6-7-9-13(14)16/h14H,6-12H2,1-5H3/t14-/m1/s1. The van der Waals surface area contributed by atoms with E-state index in [4.69, 9.17) is 0 Å². The number of ketones is 1. The highest BCUT2D eigenvalue weighted by atomic mass is 28.3. The Morgan fingerprint density at radius 2 is 1.82 bits per heavy atom. The molecule has 1 fully saturated rings. The first-order chi connectivity index (χ1) is 7.72. The van der Waals surface area contributed by atoms with Crippen LogP contribution < -0.4 is 0 Å². The summed E-state index contributed by atoms with van der Waals surface area (Å²) in [7, 11) is -1.36. The lowest BCUT2D eigenvalue weighted by molar-refractivity contribution is -0.119. The van der Waals surface area contributed by atoms with Crippen LogP contribution in [0.2, 0.25) is 24.7 Å². The topological polar surface area (TPSA) is 17.1 Å². The van der Waals surface area contributed by atoms with Gasteiger partial charge in [0, 0.05) is 12.0 Å². The van der Waals surface area contributed by atoms with Gasteiger partial charge in [-0.1, -0.05) is 59.2 Å². The summed E-state index contributed by atoms with van der Waals surface area (Å²) >= 11 is 0. The van der Waals surface area contributed by atoms with Crippen molar-refractivity contribution in [2.45, 2.75) is 84.0 Å². The van der Waals surface area contributed by atoms with Crippen LogP contribution in [0.25, 0.3) is 0 Å². The van der Waals surface area contributed by atoms with Crippen LogP contribution in [-0.2, 0) is 4.79 Å². The Bertz CT molecular complexity index is 263. The number of Topliss-reactive ketones (excluding diaryl/α,β-unsaturated/α-hetero) is 1. The number of hydrogen-bond donors (Lipinski definition) is 0. The number of rotatable bonds is 3. The van der Waals surface area contributed by atoms with Crippen molar-refractivity contribution < 1.29 is 4.79 Å². The summed E-state index contributed by atoms with van der Waals surface area (Å²) in [5, 5.41) is 0. The lowest BCUT2D eigenvalue weighted by Crippen LogP contribution is -2.37. The smallest absolute Gasteiger partial charge is 0.133 e. The maximum absolute atomic E-state index is 12.2. The zero-order valence-electron chi connectivity index (χ0n) is 12.4. The third kappa shape index (κ3) is 4.95. The predicted molar refractivity (Wildman–Crippen MR) is 78.2 cm³/mol. The molecule has 0 N–H and O–H groups in total. The SMILES string of the molecule is CC(C)(C)CC[Si](C)(C)[C@@H]1CCCCCC1=O. The van der Waals surface area contributed by atoms with E-state index in [0.29, 0.717) is 16.7 Å². The van der Waals surface area contributed by atoms with E-state index < -0.39 is 8.07 Å². The Hall–Kier alpha value is -0.113. The van der Waals surface area contributed by atoms with Crippen LogP contribution in [0.5, 0.6) is 0 Å². The molecule has 0 aromatic rings. The van der Waals surface area contributed by atoms with Gasteiger partial charge in [-0.15, -0.1) is 0 Å². The Morgan fingerprint density at radius 1 is 1.18 bits per heavy atom. The summed E-state index contributed by atoms with van der Waals surface area (Å²) in [5.74, 6) is 0.591. The number of carbonyl (C=O) groups excluding carboxylic acids is 1. The molecule has 1 aliphatic rings. The molecule has 0 saturated heterocycles. The molecule has 0 bridgehead atoms. The Labute approximate surface area is 108 Å². The Balaban J connectivity index is 2.63. The van der Waals surface area contributed by atoms with Crippen LogP contribution in [0.3, 0.4) is 0 Å². The molecule has 0 spiro atoms. The maximum atomic E-state index is 12.2. The highest BCUT2D eigenvalue weighted by Gasteiger charge is 2.37. The molecule has 0 aliphatic heterocycles. The maximum Gasteiger partial charge on any atom is 0.133 e. The van der Waals surface area contributed by atoms with E-state index in [1.165, 1.54) is 31.7 Å². The lowest BCUT2D eigenvalue weighted by Gasteiger charge is -2.33. The summed E-state index contributed by atoms with van der Waals surface area (Å²) in [6, 6.07) is 1.31. The van der Waals surface area contributed by atoms with Crippen molar-refractivity contribution in [3.05, 3.63) is 0 Å². The molecular weight excluding hydrogens is 224 g/mol. The minimum absolute atomic E-state index is 0.415. The molecule has 1 aliphatic carbocycles. The molecule has 100 valence electrons. The van der Waals surface area contributed by atoms with Gasteiger partial charge in [0.1, 0.15) is 5.78 Å².